The van der Waals surface area contributed by atoms with E-state index in [2.05, 4.69) is 32.7 Å². The lowest BCUT2D eigenvalue weighted by Gasteiger charge is -2.11. The van der Waals surface area contributed by atoms with E-state index in [1.807, 2.05) is 12.1 Å². The number of nitrogens with zero attached hydrogens (tertiary/aromatic N) is 3. The van der Waals surface area contributed by atoms with Crippen LogP contribution in [0.4, 0.5) is 0 Å². The Morgan fingerprint density at radius 1 is 1.26 bits per heavy atom. The molecule has 0 atom stereocenters. The van der Waals surface area contributed by atoms with Gasteiger partial charge in [-0.3, -0.25) is 0 Å². The van der Waals surface area contributed by atoms with Gasteiger partial charge in [0.1, 0.15) is 36.1 Å². The lowest BCUT2D eigenvalue weighted by molar-refractivity contribution is 0.349. The van der Waals surface area contributed by atoms with Crippen LogP contribution in [0.15, 0.2) is 43.2 Å². The molecule has 0 aliphatic heterocycles. The van der Waals surface area contributed by atoms with Gasteiger partial charge in [0.15, 0.2) is 0 Å². The number of terminal acetylenes is 1. The summed E-state index contributed by atoms with van der Waals surface area (Å²) >= 11 is 0. The fourth-order valence-electron chi connectivity index (χ4n) is 2.08. The Balaban J connectivity index is 2.02. The van der Waals surface area contributed by atoms with Crippen molar-refractivity contribution < 1.29 is 9.47 Å². The summed E-state index contributed by atoms with van der Waals surface area (Å²) in [5.74, 6) is 4.35. The van der Waals surface area contributed by atoms with Crippen LogP contribution in [0.5, 0.6) is 11.5 Å². The standard InChI is InChI=1S/C17H14N4O2/c1-3-7-22-12-5-6-13(16(9-12)23-8-4-2)17-20-14-10-18-19-11-15(14)21-17/h1,4-6,9-11H,2,7-8H2,(H,20,21). The molecule has 0 aliphatic rings. The van der Waals surface area contributed by atoms with E-state index in [0.717, 1.165) is 16.6 Å². The van der Waals surface area contributed by atoms with Crippen LogP contribution >= 0.6 is 0 Å². The molecule has 0 radical (unpaired) electrons. The molecule has 2 aromatic heterocycles. The lowest BCUT2D eigenvalue weighted by atomic mass is 10.2. The van der Waals surface area contributed by atoms with Gasteiger partial charge in [0.2, 0.25) is 0 Å². The minimum absolute atomic E-state index is 0.197. The molecular formula is C17H14N4O2. The van der Waals surface area contributed by atoms with E-state index in [9.17, 15) is 0 Å². The highest BCUT2D eigenvalue weighted by atomic mass is 16.5. The third kappa shape index (κ3) is 3.14. The zero-order valence-corrected chi connectivity index (χ0v) is 12.3. The zero-order valence-electron chi connectivity index (χ0n) is 12.3. The molecule has 0 fully saturated rings. The van der Waals surface area contributed by atoms with Gasteiger partial charge in [-0.05, 0) is 12.1 Å². The zero-order chi connectivity index (χ0) is 16.1. The Bertz CT molecular complexity index is 847. The highest BCUT2D eigenvalue weighted by Gasteiger charge is 2.12. The highest BCUT2D eigenvalue weighted by molar-refractivity contribution is 5.79. The molecule has 3 aromatic rings. The van der Waals surface area contributed by atoms with Crippen molar-refractivity contribution >= 4 is 11.0 Å². The van der Waals surface area contributed by atoms with Crippen LogP contribution in [-0.2, 0) is 0 Å². The molecule has 0 saturated carbocycles. The first-order chi connectivity index (χ1) is 11.3. The molecule has 3 rings (SSSR count). The Kier molecular flexibility index (Phi) is 4.20. The maximum Gasteiger partial charge on any atom is 0.148 e. The number of imidazole rings is 1. The second-order valence-electron chi connectivity index (χ2n) is 4.62. The first-order valence-corrected chi connectivity index (χ1v) is 6.92. The van der Waals surface area contributed by atoms with E-state index in [-0.39, 0.29) is 6.61 Å². The summed E-state index contributed by atoms with van der Waals surface area (Å²) in [5.41, 5.74) is 2.34. The Hall–Kier alpha value is -3.33. The maximum absolute atomic E-state index is 5.72. The first kappa shape index (κ1) is 14.6. The highest BCUT2D eigenvalue weighted by Crippen LogP contribution is 2.33. The molecule has 0 aliphatic carbocycles. The molecule has 0 bridgehead atoms. The van der Waals surface area contributed by atoms with Gasteiger partial charge in [-0.15, -0.1) is 6.42 Å². The van der Waals surface area contributed by atoms with Crippen molar-refractivity contribution in [2.75, 3.05) is 13.2 Å². The number of rotatable bonds is 6. The second kappa shape index (κ2) is 6.62. The number of benzene rings is 1. The van der Waals surface area contributed by atoms with Crippen LogP contribution in [-0.4, -0.2) is 33.4 Å². The number of aromatic nitrogens is 4. The number of fused-ring (bicyclic) bond motifs is 1. The minimum atomic E-state index is 0.197. The molecule has 1 aromatic carbocycles. The summed E-state index contributed by atoms with van der Waals surface area (Å²) in [4.78, 5) is 7.71. The van der Waals surface area contributed by atoms with Gasteiger partial charge in [0.05, 0.1) is 23.5 Å². The molecule has 6 heteroatoms. The van der Waals surface area contributed by atoms with Crippen molar-refractivity contribution in [2.45, 2.75) is 0 Å². The summed E-state index contributed by atoms with van der Waals surface area (Å²) in [6.45, 7) is 4.23. The van der Waals surface area contributed by atoms with Crippen molar-refractivity contribution in [3.05, 3.63) is 43.2 Å². The third-order valence-electron chi connectivity index (χ3n) is 3.08. The Labute approximate surface area is 133 Å². The normalized spacial score (nSPS) is 10.2. The number of hydrogen-bond donors (Lipinski definition) is 1. The maximum atomic E-state index is 5.72. The molecule has 0 unspecified atom stereocenters. The predicted octanol–water partition coefficient (Wildman–Crippen LogP) is 2.60. The van der Waals surface area contributed by atoms with Gasteiger partial charge in [-0.25, -0.2) is 4.98 Å². The van der Waals surface area contributed by atoms with Crippen molar-refractivity contribution in [1.29, 1.82) is 0 Å². The summed E-state index contributed by atoms with van der Waals surface area (Å²) in [5, 5.41) is 7.66. The molecule has 0 amide bonds. The monoisotopic (exact) mass is 306 g/mol. The Morgan fingerprint density at radius 3 is 2.91 bits per heavy atom. The van der Waals surface area contributed by atoms with E-state index in [1.54, 1.807) is 24.5 Å². The lowest BCUT2D eigenvalue weighted by Crippen LogP contribution is -1.98. The third-order valence-corrected chi connectivity index (χ3v) is 3.08. The molecule has 0 saturated heterocycles. The minimum Gasteiger partial charge on any atom is -0.489 e. The SMILES string of the molecule is C#CCOc1ccc(-c2nc3cnncc3[nH]2)c(OCC=C)c1. The van der Waals surface area contributed by atoms with Crippen LogP contribution in [0, 0.1) is 12.3 Å². The molecule has 0 spiro atoms. The van der Waals surface area contributed by atoms with Crippen LogP contribution in [0.3, 0.4) is 0 Å². The molecule has 23 heavy (non-hydrogen) atoms. The average molecular weight is 306 g/mol. The van der Waals surface area contributed by atoms with Crippen LogP contribution in [0.25, 0.3) is 22.4 Å². The van der Waals surface area contributed by atoms with E-state index in [1.165, 1.54) is 0 Å². The van der Waals surface area contributed by atoms with Crippen molar-refractivity contribution in [2.24, 2.45) is 0 Å². The fourth-order valence-corrected chi connectivity index (χ4v) is 2.08. The number of ether oxygens (including phenoxy) is 2. The van der Waals surface area contributed by atoms with Crippen molar-refractivity contribution in [1.82, 2.24) is 20.2 Å². The van der Waals surface area contributed by atoms with Gasteiger partial charge in [-0.2, -0.15) is 10.2 Å². The summed E-state index contributed by atoms with van der Waals surface area (Å²) < 4.78 is 11.1. The van der Waals surface area contributed by atoms with Gasteiger partial charge >= 0.3 is 0 Å². The van der Waals surface area contributed by atoms with E-state index in [4.69, 9.17) is 15.9 Å². The van der Waals surface area contributed by atoms with Crippen LogP contribution < -0.4 is 9.47 Å². The smallest absolute Gasteiger partial charge is 0.148 e. The number of hydrogen-bond acceptors (Lipinski definition) is 5. The molecule has 1 N–H and O–H groups in total. The summed E-state index contributed by atoms with van der Waals surface area (Å²) in [7, 11) is 0. The molecule has 114 valence electrons. The molecular weight excluding hydrogens is 292 g/mol. The fraction of sp³-hybridized carbons (Fsp3) is 0.118. The largest absolute Gasteiger partial charge is 0.489 e. The van der Waals surface area contributed by atoms with E-state index in [0.29, 0.717) is 23.9 Å². The second-order valence-corrected chi connectivity index (χ2v) is 4.62. The van der Waals surface area contributed by atoms with Crippen LogP contribution in [0.2, 0.25) is 0 Å². The summed E-state index contributed by atoms with van der Waals surface area (Å²) in [6.07, 6.45) is 10.1. The van der Waals surface area contributed by atoms with Gasteiger partial charge in [0.25, 0.3) is 0 Å². The number of H-pyrrole nitrogens is 1. The molecule has 2 heterocycles. The first-order valence-electron chi connectivity index (χ1n) is 6.92. The van der Waals surface area contributed by atoms with Crippen LogP contribution in [0.1, 0.15) is 0 Å². The van der Waals surface area contributed by atoms with Crippen molar-refractivity contribution in [3.63, 3.8) is 0 Å². The van der Waals surface area contributed by atoms with E-state index >= 15 is 0 Å². The molecule has 6 nitrogen and oxygen atoms in total. The quantitative estimate of drug-likeness (QED) is 0.560. The number of aromatic amines is 1. The van der Waals surface area contributed by atoms with Gasteiger partial charge < -0.3 is 14.5 Å². The topological polar surface area (TPSA) is 72.9 Å². The average Bonchev–Trinajstić information content (AvgIpc) is 3.02. The van der Waals surface area contributed by atoms with Gasteiger partial charge in [-0.1, -0.05) is 18.6 Å². The van der Waals surface area contributed by atoms with Crippen molar-refractivity contribution in [3.8, 4) is 35.2 Å². The van der Waals surface area contributed by atoms with Gasteiger partial charge in [0, 0.05) is 6.07 Å². The van der Waals surface area contributed by atoms with E-state index < -0.39 is 0 Å². The number of nitrogens with one attached hydrogen (secondary N) is 1. The summed E-state index contributed by atoms with van der Waals surface area (Å²) in [6, 6.07) is 5.46. The Morgan fingerprint density at radius 2 is 2.13 bits per heavy atom. The predicted molar refractivity (Wildman–Crippen MR) is 87.1 cm³/mol.